The van der Waals surface area contributed by atoms with Gasteiger partial charge in [0.2, 0.25) is 15.9 Å². The molecule has 4 aromatic rings. The van der Waals surface area contributed by atoms with Gasteiger partial charge in [0, 0.05) is 22.0 Å². The number of benzene rings is 4. The lowest BCUT2D eigenvalue weighted by Gasteiger charge is -2.16. The van der Waals surface area contributed by atoms with Gasteiger partial charge in [-0.25, -0.2) is 8.42 Å². The van der Waals surface area contributed by atoms with E-state index in [1.54, 1.807) is 47.4 Å². The largest absolute Gasteiger partial charge is 0.493 e. The minimum Gasteiger partial charge on any atom is -0.493 e. The number of rotatable bonds is 12. The number of carbonyl (C=O) groups is 2. The van der Waals surface area contributed by atoms with Crippen molar-refractivity contribution in [2.75, 3.05) is 32.3 Å². The molecule has 0 fully saturated rings. The summed E-state index contributed by atoms with van der Waals surface area (Å²) in [7, 11) is -1.00. The normalized spacial score (nSPS) is 12.6. The van der Waals surface area contributed by atoms with Crippen LogP contribution < -0.4 is 28.6 Å². The minimum absolute atomic E-state index is 0.154. The van der Waals surface area contributed by atoms with Gasteiger partial charge in [-0.05, 0) is 49.2 Å². The Balaban J connectivity index is 1.32. The van der Waals surface area contributed by atoms with Crippen molar-refractivity contribution in [1.29, 1.82) is 0 Å². The van der Waals surface area contributed by atoms with Gasteiger partial charge in [0.25, 0.3) is 5.91 Å². The van der Waals surface area contributed by atoms with Crippen molar-refractivity contribution in [3.05, 3.63) is 89.0 Å². The van der Waals surface area contributed by atoms with Crippen molar-refractivity contribution in [3.63, 3.8) is 0 Å². The Bertz CT molecular complexity index is 1820. The summed E-state index contributed by atoms with van der Waals surface area (Å²) in [5, 5.41) is 1.68. The molecule has 0 aromatic heterocycles. The number of amides is 2. The summed E-state index contributed by atoms with van der Waals surface area (Å²) in [4.78, 5) is 28.0. The third kappa shape index (κ3) is 6.14. The SMILES string of the molecule is CCOc1c2c(c(OCC)c3ccccc13)C(=O)N(c1ccc(CS(=O)(=O)NC(=O)Cc3ccc(OC)c(OC)c3)cc1)C2. The van der Waals surface area contributed by atoms with Crippen LogP contribution in [0.1, 0.15) is 40.9 Å². The molecule has 44 heavy (non-hydrogen) atoms. The molecule has 0 unspecified atom stereocenters. The molecule has 0 atom stereocenters. The van der Waals surface area contributed by atoms with Crippen LogP contribution in [0.5, 0.6) is 23.0 Å². The lowest BCUT2D eigenvalue weighted by atomic mass is 9.99. The van der Waals surface area contributed by atoms with Crippen LogP contribution in [0, 0.1) is 0 Å². The molecular formula is C33H34N2O8S. The van der Waals surface area contributed by atoms with Crippen LogP contribution in [0.15, 0.2) is 66.7 Å². The molecule has 1 heterocycles. The average molecular weight is 619 g/mol. The third-order valence-electron chi connectivity index (χ3n) is 7.26. The monoisotopic (exact) mass is 618 g/mol. The highest BCUT2D eigenvalue weighted by molar-refractivity contribution is 7.89. The highest BCUT2D eigenvalue weighted by Gasteiger charge is 2.36. The van der Waals surface area contributed by atoms with Crippen LogP contribution in [0.25, 0.3) is 10.8 Å². The number of sulfonamides is 1. The van der Waals surface area contributed by atoms with Gasteiger partial charge in [0.15, 0.2) is 11.5 Å². The maximum Gasteiger partial charge on any atom is 0.262 e. The van der Waals surface area contributed by atoms with Crippen molar-refractivity contribution >= 4 is 38.3 Å². The van der Waals surface area contributed by atoms with Gasteiger partial charge in [0.05, 0.1) is 51.7 Å². The fourth-order valence-corrected chi connectivity index (χ4v) is 6.52. The topological polar surface area (TPSA) is 120 Å². The predicted octanol–water partition coefficient (Wildman–Crippen LogP) is 5.00. The van der Waals surface area contributed by atoms with Crippen LogP contribution in [0.3, 0.4) is 0 Å². The molecule has 0 spiro atoms. The zero-order valence-corrected chi connectivity index (χ0v) is 25.8. The summed E-state index contributed by atoms with van der Waals surface area (Å²) in [6, 6.07) is 19.3. The van der Waals surface area contributed by atoms with Crippen LogP contribution in [0.4, 0.5) is 5.69 Å². The molecule has 0 bridgehead atoms. The van der Waals surface area contributed by atoms with Crippen molar-refractivity contribution in [2.45, 2.75) is 32.6 Å². The van der Waals surface area contributed by atoms with E-state index in [0.29, 0.717) is 58.6 Å². The second-order valence-electron chi connectivity index (χ2n) is 10.1. The highest BCUT2D eigenvalue weighted by Crippen LogP contribution is 2.46. The summed E-state index contributed by atoms with van der Waals surface area (Å²) >= 11 is 0. The van der Waals surface area contributed by atoms with E-state index in [1.165, 1.54) is 14.2 Å². The van der Waals surface area contributed by atoms with E-state index in [4.69, 9.17) is 18.9 Å². The van der Waals surface area contributed by atoms with Gasteiger partial charge in [0.1, 0.15) is 11.5 Å². The summed E-state index contributed by atoms with van der Waals surface area (Å²) < 4.78 is 50.2. The first kappa shape index (κ1) is 30.7. The molecule has 1 aliphatic rings. The molecule has 5 rings (SSSR count). The van der Waals surface area contributed by atoms with Gasteiger partial charge >= 0.3 is 0 Å². The summed E-state index contributed by atoms with van der Waals surface area (Å²) in [6.45, 7) is 4.88. The summed E-state index contributed by atoms with van der Waals surface area (Å²) in [6.07, 6.45) is -0.154. The quantitative estimate of drug-likeness (QED) is 0.236. The number of hydrogen-bond acceptors (Lipinski definition) is 8. The Kier molecular flexibility index (Phi) is 8.96. The van der Waals surface area contributed by atoms with E-state index in [0.717, 1.165) is 16.3 Å². The zero-order valence-electron chi connectivity index (χ0n) is 25.0. The fraction of sp³-hybridized carbons (Fsp3) is 0.273. The molecule has 4 aromatic carbocycles. The molecular weight excluding hydrogens is 584 g/mol. The number of carbonyl (C=O) groups excluding carboxylic acids is 2. The Hall–Kier alpha value is -4.77. The molecule has 10 nitrogen and oxygen atoms in total. The van der Waals surface area contributed by atoms with Crippen LogP contribution >= 0.6 is 0 Å². The van der Waals surface area contributed by atoms with E-state index in [2.05, 4.69) is 4.72 Å². The molecule has 0 radical (unpaired) electrons. The van der Waals surface area contributed by atoms with Crippen LogP contribution in [0.2, 0.25) is 0 Å². The fourth-order valence-electron chi connectivity index (χ4n) is 5.39. The summed E-state index contributed by atoms with van der Waals surface area (Å²) in [5.74, 6) is 0.828. The van der Waals surface area contributed by atoms with E-state index in [9.17, 15) is 18.0 Å². The summed E-state index contributed by atoms with van der Waals surface area (Å²) in [5.41, 5.74) is 2.85. The lowest BCUT2D eigenvalue weighted by Crippen LogP contribution is -2.32. The predicted molar refractivity (Wildman–Crippen MR) is 167 cm³/mol. The smallest absolute Gasteiger partial charge is 0.262 e. The van der Waals surface area contributed by atoms with Crippen molar-refractivity contribution < 1.29 is 37.0 Å². The second-order valence-corrected chi connectivity index (χ2v) is 11.9. The number of methoxy groups -OCH3 is 2. The first-order chi connectivity index (χ1) is 21.2. The Morgan fingerprint density at radius 2 is 1.45 bits per heavy atom. The van der Waals surface area contributed by atoms with Gasteiger partial charge in [-0.15, -0.1) is 0 Å². The highest BCUT2D eigenvalue weighted by atomic mass is 32.2. The molecule has 0 saturated heterocycles. The Morgan fingerprint density at radius 1 is 0.841 bits per heavy atom. The standard InChI is InChI=1S/C33H34N2O8S/c1-5-42-31-24-9-7-8-10-25(24)32(43-6-2)30-26(31)19-35(33(30)37)23-14-11-21(12-15-23)20-44(38,39)34-29(36)18-22-13-16-27(40-3)28(17-22)41-4/h7-17H,5-6,18-20H2,1-4H3,(H,34,36). The van der Waals surface area contributed by atoms with E-state index in [1.807, 2.05) is 38.1 Å². The van der Waals surface area contributed by atoms with Gasteiger partial charge in [-0.2, -0.15) is 0 Å². The first-order valence-electron chi connectivity index (χ1n) is 14.2. The molecule has 0 aliphatic carbocycles. The number of ether oxygens (including phenoxy) is 4. The van der Waals surface area contributed by atoms with Gasteiger partial charge in [-0.3, -0.25) is 14.3 Å². The van der Waals surface area contributed by atoms with Gasteiger partial charge < -0.3 is 23.8 Å². The third-order valence-corrected chi connectivity index (χ3v) is 8.51. The van der Waals surface area contributed by atoms with Crippen molar-refractivity contribution in [2.24, 2.45) is 0 Å². The number of hydrogen-bond donors (Lipinski definition) is 1. The number of nitrogens with one attached hydrogen (secondary N) is 1. The lowest BCUT2D eigenvalue weighted by molar-refractivity contribution is -0.118. The molecule has 1 aliphatic heterocycles. The second kappa shape index (κ2) is 12.8. The molecule has 11 heteroatoms. The van der Waals surface area contributed by atoms with E-state index >= 15 is 0 Å². The number of anilines is 1. The zero-order chi connectivity index (χ0) is 31.4. The van der Waals surface area contributed by atoms with Crippen molar-refractivity contribution in [3.8, 4) is 23.0 Å². The van der Waals surface area contributed by atoms with Crippen LogP contribution in [-0.2, 0) is 33.5 Å². The minimum atomic E-state index is -3.98. The van der Waals surface area contributed by atoms with E-state index < -0.39 is 21.7 Å². The molecule has 2 amide bonds. The Labute approximate surface area is 256 Å². The van der Waals surface area contributed by atoms with Crippen LogP contribution in [-0.4, -0.2) is 47.7 Å². The van der Waals surface area contributed by atoms with E-state index in [-0.39, 0.29) is 18.9 Å². The maximum atomic E-state index is 13.8. The molecule has 230 valence electrons. The Morgan fingerprint density at radius 3 is 2.09 bits per heavy atom. The van der Waals surface area contributed by atoms with Gasteiger partial charge in [-0.1, -0.05) is 42.5 Å². The van der Waals surface area contributed by atoms with Crippen molar-refractivity contribution in [1.82, 2.24) is 4.72 Å². The first-order valence-corrected chi connectivity index (χ1v) is 15.8. The number of nitrogens with zero attached hydrogens (tertiary/aromatic N) is 1. The average Bonchev–Trinajstić information content (AvgIpc) is 3.35. The molecule has 1 N–H and O–H groups in total. The number of fused-ring (bicyclic) bond motifs is 2. The maximum absolute atomic E-state index is 13.8. The molecule has 0 saturated carbocycles.